The highest BCUT2D eigenvalue weighted by Crippen LogP contribution is 2.47. The van der Waals surface area contributed by atoms with Crippen molar-refractivity contribution in [3.8, 4) is 0 Å². The molecule has 1 aliphatic rings. The first-order valence-corrected chi connectivity index (χ1v) is 4.60. The van der Waals surface area contributed by atoms with Crippen LogP contribution in [0.25, 0.3) is 0 Å². The topological polar surface area (TPSA) is 91.3 Å². The van der Waals surface area contributed by atoms with Crippen LogP contribution in [0.5, 0.6) is 0 Å². The third-order valence-corrected chi connectivity index (χ3v) is 2.72. The average molecular weight is 209 g/mol. The molecule has 1 aliphatic carbocycles. The van der Waals surface area contributed by atoms with Crippen LogP contribution in [0.1, 0.15) is 18.5 Å². The summed E-state index contributed by atoms with van der Waals surface area (Å²) in [5.41, 5.74) is 0.714. The maximum absolute atomic E-state index is 10.4. The summed E-state index contributed by atoms with van der Waals surface area (Å²) in [6.07, 6.45) is 3.20. The Morgan fingerprint density at radius 2 is 2.33 bits per heavy atom. The number of aromatic nitrogens is 1. The lowest BCUT2D eigenvalue weighted by atomic mass is 10.0. The Hall–Kier alpha value is -1.53. The summed E-state index contributed by atoms with van der Waals surface area (Å²) in [7, 11) is 0. The highest BCUT2D eigenvalue weighted by atomic mass is 16.6. The minimum absolute atomic E-state index is 0.00298. The van der Waals surface area contributed by atoms with Crippen molar-refractivity contribution in [1.82, 2.24) is 4.98 Å². The Morgan fingerprint density at radius 1 is 1.60 bits per heavy atom. The normalized spacial score (nSPS) is 17.4. The van der Waals surface area contributed by atoms with Crippen LogP contribution in [0, 0.1) is 10.1 Å². The molecule has 1 fully saturated rings. The fourth-order valence-corrected chi connectivity index (χ4v) is 1.59. The fourth-order valence-electron chi connectivity index (χ4n) is 1.59. The molecule has 6 heteroatoms. The Kier molecular flexibility index (Phi) is 2.37. The van der Waals surface area contributed by atoms with Gasteiger partial charge in [0.1, 0.15) is 6.20 Å². The summed E-state index contributed by atoms with van der Waals surface area (Å²) < 4.78 is 0. The van der Waals surface area contributed by atoms with E-state index in [4.69, 9.17) is 5.90 Å². The predicted molar refractivity (Wildman–Crippen MR) is 51.9 cm³/mol. The van der Waals surface area contributed by atoms with Crippen molar-refractivity contribution in [3.63, 3.8) is 0 Å². The molecule has 80 valence electrons. The van der Waals surface area contributed by atoms with E-state index in [9.17, 15) is 10.1 Å². The lowest BCUT2D eigenvalue weighted by Crippen LogP contribution is -2.19. The number of hydrogen-bond donors (Lipinski definition) is 1. The molecular weight excluding hydrogens is 198 g/mol. The molecule has 1 aromatic rings. The van der Waals surface area contributed by atoms with E-state index in [1.165, 1.54) is 12.3 Å². The van der Waals surface area contributed by atoms with Gasteiger partial charge >= 0.3 is 0 Å². The Balaban J connectivity index is 2.20. The van der Waals surface area contributed by atoms with Gasteiger partial charge in [-0.05, 0) is 18.9 Å². The molecule has 0 saturated heterocycles. The van der Waals surface area contributed by atoms with Crippen molar-refractivity contribution in [2.75, 3.05) is 6.61 Å². The number of rotatable bonds is 4. The average Bonchev–Trinajstić information content (AvgIpc) is 3.00. The van der Waals surface area contributed by atoms with Gasteiger partial charge in [0.25, 0.3) is 5.69 Å². The second-order valence-electron chi connectivity index (χ2n) is 3.75. The zero-order valence-electron chi connectivity index (χ0n) is 8.05. The molecular formula is C9H11N3O3. The van der Waals surface area contributed by atoms with Crippen LogP contribution in [0.3, 0.4) is 0 Å². The molecule has 15 heavy (non-hydrogen) atoms. The third kappa shape index (κ3) is 1.81. The highest BCUT2D eigenvalue weighted by molar-refractivity contribution is 5.32. The number of hydrogen-bond acceptors (Lipinski definition) is 5. The summed E-state index contributed by atoms with van der Waals surface area (Å²) in [6.45, 7) is 0.414. The molecule has 0 atom stereocenters. The largest absolute Gasteiger partial charge is 0.304 e. The van der Waals surface area contributed by atoms with E-state index >= 15 is 0 Å². The molecule has 6 nitrogen and oxygen atoms in total. The van der Waals surface area contributed by atoms with Gasteiger partial charge in [0.15, 0.2) is 0 Å². The molecule has 0 unspecified atom stereocenters. The first-order valence-electron chi connectivity index (χ1n) is 4.60. The molecule has 0 bridgehead atoms. The molecule has 2 rings (SSSR count). The lowest BCUT2D eigenvalue weighted by Gasteiger charge is -2.11. The van der Waals surface area contributed by atoms with Gasteiger partial charge < -0.3 is 4.84 Å². The van der Waals surface area contributed by atoms with Crippen molar-refractivity contribution in [2.45, 2.75) is 18.3 Å². The van der Waals surface area contributed by atoms with E-state index in [2.05, 4.69) is 9.82 Å². The van der Waals surface area contributed by atoms with Gasteiger partial charge in [-0.25, -0.2) is 5.90 Å². The molecule has 2 N–H and O–H groups in total. The lowest BCUT2D eigenvalue weighted by molar-refractivity contribution is -0.385. The summed E-state index contributed by atoms with van der Waals surface area (Å²) in [4.78, 5) is 18.7. The molecule has 1 heterocycles. The third-order valence-electron chi connectivity index (χ3n) is 2.72. The molecule has 0 radical (unpaired) electrons. The first kappa shape index (κ1) is 10.0. The van der Waals surface area contributed by atoms with E-state index in [-0.39, 0.29) is 11.1 Å². The molecule has 1 aromatic heterocycles. The van der Waals surface area contributed by atoms with Gasteiger partial charge in [-0.2, -0.15) is 0 Å². The van der Waals surface area contributed by atoms with Crippen molar-refractivity contribution < 1.29 is 9.76 Å². The number of nitrogens with two attached hydrogens (primary N) is 1. The monoisotopic (exact) mass is 209 g/mol. The zero-order chi connectivity index (χ0) is 10.9. The van der Waals surface area contributed by atoms with Gasteiger partial charge in [0.05, 0.1) is 11.5 Å². The summed E-state index contributed by atoms with van der Waals surface area (Å²) >= 11 is 0. The predicted octanol–water partition coefficient (Wildman–Crippen LogP) is 0.912. The molecule has 0 spiro atoms. The quantitative estimate of drug-likeness (QED) is 0.587. The van der Waals surface area contributed by atoms with Crippen LogP contribution in [0.2, 0.25) is 0 Å². The second-order valence-corrected chi connectivity index (χ2v) is 3.75. The first-order chi connectivity index (χ1) is 7.18. The van der Waals surface area contributed by atoms with Crippen LogP contribution >= 0.6 is 0 Å². The van der Waals surface area contributed by atoms with E-state index in [1.54, 1.807) is 6.07 Å². The Labute approximate surface area is 86.2 Å². The Morgan fingerprint density at radius 3 is 2.73 bits per heavy atom. The van der Waals surface area contributed by atoms with Crippen molar-refractivity contribution >= 4 is 5.69 Å². The highest BCUT2D eigenvalue weighted by Gasteiger charge is 2.46. The van der Waals surface area contributed by atoms with Crippen molar-refractivity contribution in [1.29, 1.82) is 0 Å². The minimum Gasteiger partial charge on any atom is -0.304 e. The SMILES string of the molecule is NOCC1(c2ccc([N+](=O)[O-])cn2)CC1. The summed E-state index contributed by atoms with van der Waals surface area (Å²) in [5.74, 6) is 5.03. The van der Waals surface area contributed by atoms with Gasteiger partial charge in [-0.3, -0.25) is 15.1 Å². The summed E-state index contributed by atoms with van der Waals surface area (Å²) in [6, 6.07) is 3.13. The van der Waals surface area contributed by atoms with E-state index in [1.807, 2.05) is 0 Å². The van der Waals surface area contributed by atoms with E-state index < -0.39 is 4.92 Å². The maximum Gasteiger partial charge on any atom is 0.287 e. The van der Waals surface area contributed by atoms with Crippen molar-refractivity contribution in [3.05, 3.63) is 34.1 Å². The molecule has 0 aromatic carbocycles. The van der Waals surface area contributed by atoms with Gasteiger partial charge in [0.2, 0.25) is 0 Å². The van der Waals surface area contributed by atoms with Gasteiger partial charge in [-0.1, -0.05) is 0 Å². The van der Waals surface area contributed by atoms with Crippen LogP contribution in [0.4, 0.5) is 5.69 Å². The zero-order valence-corrected chi connectivity index (χ0v) is 8.05. The smallest absolute Gasteiger partial charge is 0.287 e. The van der Waals surface area contributed by atoms with Gasteiger partial charge in [-0.15, -0.1) is 0 Å². The standard InChI is InChI=1S/C9H11N3O3/c10-15-6-9(3-4-9)8-2-1-7(5-11-8)12(13)14/h1-2,5H,3-4,6,10H2. The minimum atomic E-state index is -0.463. The van der Waals surface area contributed by atoms with Gasteiger partial charge in [0, 0.05) is 17.2 Å². The van der Waals surface area contributed by atoms with E-state index in [0.29, 0.717) is 6.61 Å². The molecule has 1 saturated carbocycles. The van der Waals surface area contributed by atoms with Crippen LogP contribution in [-0.4, -0.2) is 16.5 Å². The van der Waals surface area contributed by atoms with Crippen molar-refractivity contribution in [2.24, 2.45) is 5.90 Å². The van der Waals surface area contributed by atoms with Crippen LogP contribution in [0.15, 0.2) is 18.3 Å². The fraction of sp³-hybridized carbons (Fsp3) is 0.444. The number of nitro groups is 1. The molecule has 0 amide bonds. The number of nitrogens with zero attached hydrogens (tertiary/aromatic N) is 2. The maximum atomic E-state index is 10.4. The van der Waals surface area contributed by atoms with Crippen LogP contribution < -0.4 is 5.90 Å². The summed E-state index contributed by atoms with van der Waals surface area (Å²) in [5, 5.41) is 10.4. The number of pyridine rings is 1. The molecule has 0 aliphatic heterocycles. The van der Waals surface area contributed by atoms with Crippen LogP contribution in [-0.2, 0) is 10.3 Å². The Bertz CT molecular complexity index is 373. The van der Waals surface area contributed by atoms with E-state index in [0.717, 1.165) is 18.5 Å². The second kappa shape index (κ2) is 3.56.